The maximum absolute atomic E-state index is 12.8. The maximum Gasteiger partial charge on any atom is 0.403 e. The Morgan fingerprint density at radius 3 is 2.40 bits per heavy atom. The van der Waals surface area contributed by atoms with Crippen molar-refractivity contribution in [3.8, 4) is 0 Å². The van der Waals surface area contributed by atoms with E-state index in [1.54, 1.807) is 7.05 Å². The van der Waals surface area contributed by atoms with Crippen molar-refractivity contribution in [3.63, 3.8) is 0 Å². The molecule has 8 nitrogen and oxygen atoms in total. The highest BCUT2D eigenvalue weighted by Gasteiger charge is 2.41. The fraction of sp³-hybridized carbons (Fsp3) is 0.786. The molecule has 0 radical (unpaired) electrons. The van der Waals surface area contributed by atoms with Gasteiger partial charge in [0.15, 0.2) is 5.96 Å². The first-order valence-electron chi connectivity index (χ1n) is 8.08. The Kier molecular flexibility index (Phi) is 6.09. The number of nitrogens with one attached hydrogen (secondary N) is 2. The van der Waals surface area contributed by atoms with Crippen LogP contribution in [-0.2, 0) is 4.79 Å². The number of piperazine rings is 1. The SMILES string of the molecule is CN=C(NCCN1C(=O)CNC1=O)N1CCN(C(C)C(F)(F)F)CC1. The number of carbonyl (C=O) groups excluding carboxylic acids is 2. The van der Waals surface area contributed by atoms with Gasteiger partial charge in [0.2, 0.25) is 5.91 Å². The van der Waals surface area contributed by atoms with Crippen LogP contribution in [0, 0.1) is 0 Å². The van der Waals surface area contributed by atoms with Crippen molar-refractivity contribution in [1.29, 1.82) is 0 Å². The van der Waals surface area contributed by atoms with E-state index in [-0.39, 0.29) is 32.1 Å². The molecule has 0 aromatic carbocycles. The summed E-state index contributed by atoms with van der Waals surface area (Å²) in [6, 6.07) is -1.89. The van der Waals surface area contributed by atoms with Crippen LogP contribution >= 0.6 is 0 Å². The monoisotopic (exact) mass is 364 g/mol. The highest BCUT2D eigenvalue weighted by Crippen LogP contribution is 2.25. The van der Waals surface area contributed by atoms with Crippen LogP contribution in [0.25, 0.3) is 0 Å². The van der Waals surface area contributed by atoms with Gasteiger partial charge in [-0.3, -0.25) is 19.6 Å². The number of alkyl halides is 3. The third kappa shape index (κ3) is 4.74. The van der Waals surface area contributed by atoms with Crippen molar-refractivity contribution in [2.45, 2.75) is 19.1 Å². The van der Waals surface area contributed by atoms with Crippen molar-refractivity contribution in [2.75, 3.05) is 52.9 Å². The molecular weight excluding hydrogens is 341 g/mol. The first-order valence-corrected chi connectivity index (χ1v) is 8.08. The van der Waals surface area contributed by atoms with Gasteiger partial charge in [0.05, 0.1) is 6.54 Å². The Bertz CT molecular complexity index is 515. The van der Waals surface area contributed by atoms with E-state index in [4.69, 9.17) is 0 Å². The Labute approximate surface area is 144 Å². The molecule has 0 saturated carbocycles. The minimum atomic E-state index is -4.23. The van der Waals surface area contributed by atoms with Gasteiger partial charge in [0.1, 0.15) is 6.04 Å². The second-order valence-corrected chi connectivity index (χ2v) is 5.92. The predicted octanol–water partition coefficient (Wildman–Crippen LogP) is -0.318. The highest BCUT2D eigenvalue weighted by molar-refractivity contribution is 6.01. The first kappa shape index (κ1) is 19.3. The molecule has 2 fully saturated rings. The fourth-order valence-electron chi connectivity index (χ4n) is 2.82. The quantitative estimate of drug-likeness (QED) is 0.406. The van der Waals surface area contributed by atoms with Crippen molar-refractivity contribution in [2.24, 2.45) is 4.99 Å². The highest BCUT2D eigenvalue weighted by atomic mass is 19.4. The number of amides is 3. The summed E-state index contributed by atoms with van der Waals surface area (Å²) in [5, 5.41) is 5.48. The molecule has 0 aliphatic carbocycles. The zero-order valence-corrected chi connectivity index (χ0v) is 14.3. The van der Waals surface area contributed by atoms with E-state index in [0.717, 1.165) is 4.90 Å². The zero-order chi connectivity index (χ0) is 18.6. The minimum absolute atomic E-state index is 0.00685. The molecule has 3 amide bonds. The summed E-state index contributed by atoms with van der Waals surface area (Å²) in [4.78, 5) is 31.4. The van der Waals surface area contributed by atoms with Crippen molar-refractivity contribution < 1.29 is 22.8 Å². The van der Waals surface area contributed by atoms with Gasteiger partial charge >= 0.3 is 12.2 Å². The predicted molar refractivity (Wildman–Crippen MR) is 85.1 cm³/mol. The van der Waals surface area contributed by atoms with Crippen LogP contribution in [0.4, 0.5) is 18.0 Å². The van der Waals surface area contributed by atoms with Gasteiger partial charge in [-0.1, -0.05) is 0 Å². The molecule has 2 rings (SSSR count). The van der Waals surface area contributed by atoms with E-state index in [9.17, 15) is 22.8 Å². The summed E-state index contributed by atoms with van der Waals surface area (Å²) >= 11 is 0. The van der Waals surface area contributed by atoms with E-state index in [2.05, 4.69) is 15.6 Å². The number of rotatable bonds is 4. The average molecular weight is 364 g/mol. The number of halogens is 3. The molecule has 2 aliphatic rings. The average Bonchev–Trinajstić information content (AvgIpc) is 2.89. The van der Waals surface area contributed by atoms with Gasteiger partial charge in [0, 0.05) is 46.3 Å². The summed E-state index contributed by atoms with van der Waals surface area (Å²) in [6.07, 6.45) is -4.23. The van der Waals surface area contributed by atoms with Crippen LogP contribution in [0.15, 0.2) is 4.99 Å². The molecule has 1 unspecified atom stereocenters. The van der Waals surface area contributed by atoms with Gasteiger partial charge in [-0.15, -0.1) is 0 Å². The Morgan fingerprint density at radius 2 is 1.92 bits per heavy atom. The Balaban J connectivity index is 1.79. The van der Waals surface area contributed by atoms with Crippen molar-refractivity contribution in [1.82, 2.24) is 25.3 Å². The van der Waals surface area contributed by atoms with Gasteiger partial charge < -0.3 is 15.5 Å². The van der Waals surface area contributed by atoms with Crippen molar-refractivity contribution in [3.05, 3.63) is 0 Å². The normalized spacial score (nSPS) is 21.6. The summed E-state index contributed by atoms with van der Waals surface area (Å²) in [5.74, 6) is 0.267. The molecular formula is C14H23F3N6O2. The molecule has 0 spiro atoms. The first-order chi connectivity index (χ1) is 11.7. The summed E-state index contributed by atoms with van der Waals surface area (Å²) in [7, 11) is 1.58. The molecule has 142 valence electrons. The molecule has 1 atom stereocenters. The van der Waals surface area contributed by atoms with E-state index < -0.39 is 18.2 Å². The van der Waals surface area contributed by atoms with Crippen LogP contribution < -0.4 is 10.6 Å². The lowest BCUT2D eigenvalue weighted by Crippen LogP contribution is -2.57. The van der Waals surface area contributed by atoms with Crippen molar-refractivity contribution >= 4 is 17.9 Å². The van der Waals surface area contributed by atoms with Gasteiger partial charge in [-0.05, 0) is 6.92 Å². The Morgan fingerprint density at radius 1 is 1.28 bits per heavy atom. The number of nitrogens with zero attached hydrogens (tertiary/aromatic N) is 4. The third-order valence-electron chi connectivity index (χ3n) is 4.40. The van der Waals surface area contributed by atoms with Gasteiger partial charge in [-0.2, -0.15) is 13.2 Å². The number of urea groups is 1. The number of guanidine groups is 1. The zero-order valence-electron chi connectivity index (χ0n) is 14.3. The van der Waals surface area contributed by atoms with Crippen LogP contribution in [0.3, 0.4) is 0 Å². The maximum atomic E-state index is 12.8. The standard InChI is InChI=1S/C14H23F3N6O2/c1-10(14(15,16)17)21-5-7-22(8-6-21)12(18-2)19-3-4-23-11(24)9-20-13(23)25/h10H,3-9H2,1-2H3,(H,18,19)(H,20,25). The molecule has 11 heteroatoms. The van der Waals surface area contributed by atoms with Gasteiger partial charge in [-0.25, -0.2) is 4.79 Å². The van der Waals surface area contributed by atoms with E-state index in [1.165, 1.54) is 11.8 Å². The molecule has 25 heavy (non-hydrogen) atoms. The lowest BCUT2D eigenvalue weighted by atomic mass is 10.2. The molecule has 2 N–H and O–H groups in total. The number of carbonyl (C=O) groups is 2. The van der Waals surface area contributed by atoms with Crippen LogP contribution in [0.5, 0.6) is 0 Å². The summed E-state index contributed by atoms with van der Waals surface area (Å²) < 4.78 is 38.3. The molecule has 2 aliphatic heterocycles. The summed E-state index contributed by atoms with van der Waals surface area (Å²) in [6.45, 7) is 3.11. The number of hydrogen-bond donors (Lipinski definition) is 2. The van der Waals surface area contributed by atoms with Crippen LogP contribution in [-0.4, -0.2) is 97.7 Å². The molecule has 0 aromatic rings. The largest absolute Gasteiger partial charge is 0.403 e. The smallest absolute Gasteiger partial charge is 0.354 e. The molecule has 2 saturated heterocycles. The second kappa shape index (κ2) is 7.89. The van der Waals surface area contributed by atoms with Crippen LogP contribution in [0.1, 0.15) is 6.92 Å². The summed E-state index contributed by atoms with van der Waals surface area (Å²) in [5.41, 5.74) is 0. The third-order valence-corrected chi connectivity index (χ3v) is 4.40. The molecule has 0 aromatic heterocycles. The second-order valence-electron chi connectivity index (χ2n) is 5.92. The number of imide groups is 1. The molecule has 0 bridgehead atoms. The lowest BCUT2D eigenvalue weighted by Gasteiger charge is -2.39. The fourth-order valence-corrected chi connectivity index (χ4v) is 2.82. The lowest BCUT2D eigenvalue weighted by molar-refractivity contribution is -0.181. The minimum Gasteiger partial charge on any atom is -0.354 e. The van der Waals surface area contributed by atoms with E-state index >= 15 is 0 Å². The van der Waals surface area contributed by atoms with Gasteiger partial charge in [0.25, 0.3) is 0 Å². The number of aliphatic imine (C=N–C) groups is 1. The van der Waals surface area contributed by atoms with E-state index in [1.807, 2.05) is 4.90 Å². The Hall–Kier alpha value is -2.04. The van der Waals surface area contributed by atoms with Crippen LogP contribution in [0.2, 0.25) is 0 Å². The topological polar surface area (TPSA) is 80.3 Å². The van der Waals surface area contributed by atoms with E-state index in [0.29, 0.717) is 25.6 Å². The number of hydrogen-bond acceptors (Lipinski definition) is 4. The molecule has 2 heterocycles.